The summed E-state index contributed by atoms with van der Waals surface area (Å²) in [6.45, 7) is 2.86. The van der Waals surface area contributed by atoms with E-state index in [1.807, 2.05) is 6.92 Å². The number of likely N-dealkylation sites (tertiary alicyclic amines) is 1. The van der Waals surface area contributed by atoms with Crippen molar-refractivity contribution in [2.45, 2.75) is 19.8 Å². The monoisotopic (exact) mass is 327 g/mol. The molecule has 1 saturated heterocycles. The number of carbonyl (C=O) groups is 2. The summed E-state index contributed by atoms with van der Waals surface area (Å²) in [6.07, 6.45) is 1.16. The van der Waals surface area contributed by atoms with Crippen LogP contribution in [0.25, 0.3) is 0 Å². The second-order valence-electron chi connectivity index (χ2n) is 4.70. The Balaban J connectivity index is 2.15. The minimum atomic E-state index is -0.392. The standard InChI is InChI=1S/C14H15BrFNO2/c1-2-9-8-17(6-5-13(9)18)14(19)10-3-4-12(16)11(15)7-10/h3-4,7,9H,2,5-6,8H2,1H3. The quantitative estimate of drug-likeness (QED) is 0.837. The van der Waals surface area contributed by atoms with Crippen molar-refractivity contribution in [2.75, 3.05) is 13.1 Å². The van der Waals surface area contributed by atoms with Gasteiger partial charge in [0.2, 0.25) is 0 Å². The molecule has 1 aromatic rings. The topological polar surface area (TPSA) is 37.4 Å². The van der Waals surface area contributed by atoms with Crippen molar-refractivity contribution in [3.05, 3.63) is 34.1 Å². The number of hydrogen-bond donors (Lipinski definition) is 0. The maximum Gasteiger partial charge on any atom is 0.253 e. The van der Waals surface area contributed by atoms with Crippen LogP contribution >= 0.6 is 15.9 Å². The van der Waals surface area contributed by atoms with Crippen LogP contribution in [0.15, 0.2) is 22.7 Å². The lowest BCUT2D eigenvalue weighted by Gasteiger charge is -2.31. The number of Topliss-reactive ketones (excluding diaryl/α,β-unsaturated/α-hetero) is 1. The fourth-order valence-corrected chi connectivity index (χ4v) is 2.64. The minimum absolute atomic E-state index is 0.0680. The molecular formula is C14H15BrFNO2. The molecule has 1 atom stereocenters. The fourth-order valence-electron chi connectivity index (χ4n) is 2.26. The molecule has 0 aromatic heterocycles. The first-order valence-corrected chi connectivity index (χ1v) is 7.09. The normalized spacial score (nSPS) is 19.6. The van der Waals surface area contributed by atoms with Gasteiger partial charge in [0.15, 0.2) is 0 Å². The second kappa shape index (κ2) is 5.82. The highest BCUT2D eigenvalue weighted by atomic mass is 79.9. The number of rotatable bonds is 2. The van der Waals surface area contributed by atoms with Crippen LogP contribution < -0.4 is 0 Å². The van der Waals surface area contributed by atoms with E-state index < -0.39 is 5.82 Å². The summed E-state index contributed by atoms with van der Waals surface area (Å²) in [7, 11) is 0. The van der Waals surface area contributed by atoms with Crippen molar-refractivity contribution in [1.29, 1.82) is 0 Å². The summed E-state index contributed by atoms with van der Waals surface area (Å²) in [5.41, 5.74) is 0.442. The zero-order valence-corrected chi connectivity index (χ0v) is 12.2. The van der Waals surface area contributed by atoms with Gasteiger partial charge in [0.1, 0.15) is 11.6 Å². The lowest BCUT2D eigenvalue weighted by Crippen LogP contribution is -2.43. The van der Waals surface area contributed by atoms with E-state index in [4.69, 9.17) is 0 Å². The highest BCUT2D eigenvalue weighted by molar-refractivity contribution is 9.10. The van der Waals surface area contributed by atoms with Crippen LogP contribution in [-0.2, 0) is 4.79 Å². The number of halogens is 2. The van der Waals surface area contributed by atoms with Gasteiger partial charge in [0.05, 0.1) is 4.47 Å². The van der Waals surface area contributed by atoms with Crippen molar-refractivity contribution >= 4 is 27.6 Å². The molecule has 0 saturated carbocycles. The highest BCUT2D eigenvalue weighted by Crippen LogP contribution is 2.21. The van der Waals surface area contributed by atoms with Crippen LogP contribution in [0, 0.1) is 11.7 Å². The molecule has 0 aliphatic carbocycles. The molecule has 1 fully saturated rings. The average Bonchev–Trinajstić information content (AvgIpc) is 2.41. The Morgan fingerprint density at radius 2 is 2.26 bits per heavy atom. The van der Waals surface area contributed by atoms with E-state index in [1.54, 1.807) is 4.90 Å². The zero-order valence-electron chi connectivity index (χ0n) is 10.7. The van der Waals surface area contributed by atoms with Gasteiger partial charge in [-0.05, 0) is 40.5 Å². The largest absolute Gasteiger partial charge is 0.337 e. The first kappa shape index (κ1) is 14.2. The molecule has 0 bridgehead atoms. The first-order valence-electron chi connectivity index (χ1n) is 6.30. The van der Waals surface area contributed by atoms with E-state index in [1.165, 1.54) is 18.2 Å². The maximum atomic E-state index is 13.2. The van der Waals surface area contributed by atoms with Crippen molar-refractivity contribution in [1.82, 2.24) is 4.90 Å². The third kappa shape index (κ3) is 3.03. The van der Waals surface area contributed by atoms with Crippen LogP contribution in [0.1, 0.15) is 30.1 Å². The van der Waals surface area contributed by atoms with E-state index in [0.717, 1.165) is 6.42 Å². The molecule has 0 radical (unpaired) electrons. The van der Waals surface area contributed by atoms with Gasteiger partial charge in [0, 0.05) is 31.0 Å². The van der Waals surface area contributed by atoms with Gasteiger partial charge in [-0.1, -0.05) is 6.92 Å². The lowest BCUT2D eigenvalue weighted by atomic mass is 9.93. The number of ketones is 1. The summed E-state index contributed by atoms with van der Waals surface area (Å²) in [5.74, 6) is -0.378. The number of carbonyl (C=O) groups excluding carboxylic acids is 2. The van der Waals surface area contributed by atoms with Crippen molar-refractivity contribution in [2.24, 2.45) is 5.92 Å². The van der Waals surface area contributed by atoms with Gasteiger partial charge < -0.3 is 4.90 Å². The molecule has 1 aliphatic rings. The van der Waals surface area contributed by atoms with E-state index >= 15 is 0 Å². The third-order valence-electron chi connectivity index (χ3n) is 3.47. The van der Waals surface area contributed by atoms with Crippen LogP contribution in [0.3, 0.4) is 0 Å². The molecule has 1 amide bonds. The van der Waals surface area contributed by atoms with E-state index in [2.05, 4.69) is 15.9 Å². The smallest absolute Gasteiger partial charge is 0.253 e. The molecule has 1 aliphatic heterocycles. The van der Waals surface area contributed by atoms with Gasteiger partial charge in [-0.3, -0.25) is 9.59 Å². The predicted octanol–water partition coefficient (Wildman–Crippen LogP) is 3.03. The Kier molecular flexibility index (Phi) is 4.34. The Morgan fingerprint density at radius 3 is 2.89 bits per heavy atom. The molecular weight excluding hydrogens is 313 g/mol. The summed E-state index contributed by atoms with van der Waals surface area (Å²) >= 11 is 3.07. The maximum absolute atomic E-state index is 13.2. The molecule has 5 heteroatoms. The van der Waals surface area contributed by atoms with Crippen LogP contribution in [0.2, 0.25) is 0 Å². The van der Waals surface area contributed by atoms with Gasteiger partial charge in [0.25, 0.3) is 5.91 Å². The zero-order chi connectivity index (χ0) is 14.0. The molecule has 102 valence electrons. The average molecular weight is 328 g/mol. The van der Waals surface area contributed by atoms with Crippen LogP contribution in [0.5, 0.6) is 0 Å². The van der Waals surface area contributed by atoms with Gasteiger partial charge in [-0.15, -0.1) is 0 Å². The van der Waals surface area contributed by atoms with Gasteiger partial charge in [-0.2, -0.15) is 0 Å². The predicted molar refractivity (Wildman–Crippen MR) is 73.4 cm³/mol. The van der Waals surface area contributed by atoms with Crippen molar-refractivity contribution < 1.29 is 14.0 Å². The third-order valence-corrected chi connectivity index (χ3v) is 4.08. The molecule has 1 unspecified atom stereocenters. The molecule has 1 aromatic carbocycles. The number of piperidine rings is 1. The SMILES string of the molecule is CCC1CN(C(=O)c2ccc(F)c(Br)c2)CCC1=O. The first-order chi connectivity index (χ1) is 9.02. The lowest BCUT2D eigenvalue weighted by molar-refractivity contribution is -0.125. The summed E-state index contributed by atoms with van der Waals surface area (Å²) in [5, 5.41) is 0. The Bertz CT molecular complexity index is 518. The van der Waals surface area contributed by atoms with Crippen molar-refractivity contribution in [3.8, 4) is 0 Å². The summed E-state index contributed by atoms with van der Waals surface area (Å²) in [4.78, 5) is 25.6. The second-order valence-corrected chi connectivity index (χ2v) is 5.56. The van der Waals surface area contributed by atoms with Gasteiger partial charge >= 0.3 is 0 Å². The van der Waals surface area contributed by atoms with Crippen LogP contribution in [-0.4, -0.2) is 29.7 Å². The summed E-state index contributed by atoms with van der Waals surface area (Å²) in [6, 6.07) is 4.22. The number of hydrogen-bond acceptors (Lipinski definition) is 2. The Labute approximate surface area is 119 Å². The molecule has 3 nitrogen and oxygen atoms in total. The summed E-state index contributed by atoms with van der Waals surface area (Å²) < 4.78 is 13.4. The number of amides is 1. The molecule has 1 heterocycles. The minimum Gasteiger partial charge on any atom is -0.337 e. The van der Waals surface area contributed by atoms with Crippen LogP contribution in [0.4, 0.5) is 4.39 Å². The molecule has 0 spiro atoms. The van der Waals surface area contributed by atoms with E-state index in [-0.39, 0.29) is 22.1 Å². The number of nitrogens with zero attached hydrogens (tertiary/aromatic N) is 1. The Hall–Kier alpha value is -1.23. The highest BCUT2D eigenvalue weighted by Gasteiger charge is 2.29. The molecule has 19 heavy (non-hydrogen) atoms. The molecule has 2 rings (SSSR count). The van der Waals surface area contributed by atoms with Crippen molar-refractivity contribution in [3.63, 3.8) is 0 Å². The Morgan fingerprint density at radius 1 is 1.53 bits per heavy atom. The molecule has 0 N–H and O–H groups in total. The fraction of sp³-hybridized carbons (Fsp3) is 0.429. The van der Waals surface area contributed by atoms with E-state index in [0.29, 0.717) is 25.1 Å². The van der Waals surface area contributed by atoms with E-state index in [9.17, 15) is 14.0 Å². The van der Waals surface area contributed by atoms with Gasteiger partial charge in [-0.25, -0.2) is 4.39 Å². The number of benzene rings is 1.